The average molecular weight is 238 g/mol. The average Bonchev–Trinajstić information content (AvgIpc) is 2.32. The van der Waals surface area contributed by atoms with Crippen LogP contribution in [0.4, 0.5) is 0 Å². The summed E-state index contributed by atoms with van der Waals surface area (Å²) in [5.41, 5.74) is 1.90. The lowest BCUT2D eigenvalue weighted by molar-refractivity contribution is -0.0234. The molecular weight excluding hydrogens is 212 g/mol. The molecule has 2 atom stereocenters. The fourth-order valence-corrected chi connectivity index (χ4v) is 2.33. The maximum Gasteiger partial charge on any atom is 0.0710 e. The van der Waals surface area contributed by atoms with E-state index in [9.17, 15) is 5.11 Å². The normalized spacial score (nSPS) is 27.8. The molecule has 0 radical (unpaired) electrons. The summed E-state index contributed by atoms with van der Waals surface area (Å²) in [4.78, 5) is 0. The highest BCUT2D eigenvalue weighted by atomic mass is 16.3. The molecule has 2 heteroatoms. The molecule has 0 heterocycles. The maximum absolute atomic E-state index is 10.6. The third-order valence-electron chi connectivity index (χ3n) is 4.02. The second kappa shape index (κ2) is 6.36. The van der Waals surface area contributed by atoms with Crippen molar-refractivity contribution in [3.63, 3.8) is 0 Å². The Morgan fingerprint density at radius 3 is 2.82 bits per heavy atom. The standard InChI is InChI=1S/C15H26O2/c1-12-7-9-15(17,10-8-12)14(3)6-4-5-13(2)11-16/h5,7,14,16-17H,4,6,8-11H2,1-3H3/b13-5+/t14-,15-/m0/s1. The van der Waals surface area contributed by atoms with E-state index in [2.05, 4.69) is 26.0 Å². The summed E-state index contributed by atoms with van der Waals surface area (Å²) in [6.45, 7) is 6.35. The molecule has 0 bridgehead atoms. The van der Waals surface area contributed by atoms with Crippen molar-refractivity contribution in [2.24, 2.45) is 5.92 Å². The van der Waals surface area contributed by atoms with Gasteiger partial charge in [-0.15, -0.1) is 0 Å². The summed E-state index contributed by atoms with van der Waals surface area (Å²) in [6, 6.07) is 0. The molecule has 1 rings (SSSR count). The Kier molecular flexibility index (Phi) is 5.41. The van der Waals surface area contributed by atoms with Crippen molar-refractivity contribution in [2.75, 3.05) is 6.61 Å². The van der Waals surface area contributed by atoms with Crippen LogP contribution < -0.4 is 0 Å². The SMILES string of the molecule is CC1=CC[C@@](O)([C@@H](C)CC/C=C(\C)CO)CC1. The van der Waals surface area contributed by atoms with E-state index in [0.29, 0.717) is 5.92 Å². The first-order valence-electron chi connectivity index (χ1n) is 6.62. The molecule has 0 fully saturated rings. The summed E-state index contributed by atoms with van der Waals surface area (Å²) < 4.78 is 0. The van der Waals surface area contributed by atoms with Crippen LogP contribution in [0.1, 0.15) is 52.9 Å². The fraction of sp³-hybridized carbons (Fsp3) is 0.733. The van der Waals surface area contributed by atoms with E-state index < -0.39 is 5.60 Å². The first kappa shape index (κ1) is 14.5. The van der Waals surface area contributed by atoms with Crippen LogP contribution in [0.2, 0.25) is 0 Å². The Balaban J connectivity index is 2.44. The lowest BCUT2D eigenvalue weighted by Gasteiger charge is -2.36. The van der Waals surface area contributed by atoms with Crippen LogP contribution in [0, 0.1) is 5.92 Å². The lowest BCUT2D eigenvalue weighted by atomic mass is 9.75. The van der Waals surface area contributed by atoms with Gasteiger partial charge in [-0.3, -0.25) is 0 Å². The molecule has 0 unspecified atom stereocenters. The van der Waals surface area contributed by atoms with Gasteiger partial charge in [0.15, 0.2) is 0 Å². The zero-order valence-corrected chi connectivity index (χ0v) is 11.4. The molecular formula is C15H26O2. The molecule has 0 amide bonds. The largest absolute Gasteiger partial charge is 0.392 e. The Labute approximate surface area is 105 Å². The number of allylic oxidation sites excluding steroid dienone is 2. The Bertz CT molecular complexity index is 304. The summed E-state index contributed by atoms with van der Waals surface area (Å²) in [7, 11) is 0. The van der Waals surface area contributed by atoms with Crippen LogP contribution in [-0.4, -0.2) is 22.4 Å². The molecule has 2 N–H and O–H groups in total. The van der Waals surface area contributed by atoms with Crippen molar-refractivity contribution in [3.8, 4) is 0 Å². The van der Waals surface area contributed by atoms with Gasteiger partial charge in [-0.05, 0) is 51.9 Å². The van der Waals surface area contributed by atoms with E-state index in [1.165, 1.54) is 5.57 Å². The molecule has 0 aliphatic heterocycles. The van der Waals surface area contributed by atoms with Gasteiger partial charge in [-0.25, -0.2) is 0 Å². The summed E-state index contributed by atoms with van der Waals surface area (Å²) in [5, 5.41) is 19.5. The van der Waals surface area contributed by atoms with Crippen LogP contribution in [-0.2, 0) is 0 Å². The second-order valence-corrected chi connectivity index (χ2v) is 5.55. The van der Waals surface area contributed by atoms with E-state index >= 15 is 0 Å². The predicted molar refractivity (Wildman–Crippen MR) is 71.8 cm³/mol. The second-order valence-electron chi connectivity index (χ2n) is 5.55. The number of hydrogen-bond donors (Lipinski definition) is 2. The quantitative estimate of drug-likeness (QED) is 0.722. The Morgan fingerprint density at radius 1 is 1.59 bits per heavy atom. The molecule has 0 spiro atoms. The molecule has 2 nitrogen and oxygen atoms in total. The number of aliphatic hydroxyl groups excluding tert-OH is 1. The molecule has 0 saturated heterocycles. The van der Waals surface area contributed by atoms with Crippen LogP contribution in [0.15, 0.2) is 23.3 Å². The Hall–Kier alpha value is -0.600. The van der Waals surface area contributed by atoms with Gasteiger partial charge in [0, 0.05) is 0 Å². The number of aliphatic hydroxyl groups is 2. The topological polar surface area (TPSA) is 40.5 Å². The van der Waals surface area contributed by atoms with Crippen molar-refractivity contribution in [1.82, 2.24) is 0 Å². The summed E-state index contributed by atoms with van der Waals surface area (Å²) in [6.07, 6.45) is 8.88. The van der Waals surface area contributed by atoms with Gasteiger partial charge in [0.2, 0.25) is 0 Å². The zero-order valence-electron chi connectivity index (χ0n) is 11.4. The monoisotopic (exact) mass is 238 g/mol. The zero-order chi connectivity index (χ0) is 12.9. The summed E-state index contributed by atoms with van der Waals surface area (Å²) >= 11 is 0. The first-order chi connectivity index (χ1) is 7.98. The highest BCUT2D eigenvalue weighted by molar-refractivity contribution is 5.09. The third-order valence-corrected chi connectivity index (χ3v) is 4.02. The van der Waals surface area contributed by atoms with Crippen molar-refractivity contribution >= 4 is 0 Å². The van der Waals surface area contributed by atoms with Crippen molar-refractivity contribution < 1.29 is 10.2 Å². The highest BCUT2D eigenvalue weighted by Gasteiger charge is 2.33. The van der Waals surface area contributed by atoms with Gasteiger partial charge >= 0.3 is 0 Å². The van der Waals surface area contributed by atoms with Crippen molar-refractivity contribution in [1.29, 1.82) is 0 Å². The number of rotatable bonds is 5. The molecule has 98 valence electrons. The minimum atomic E-state index is -0.513. The lowest BCUT2D eigenvalue weighted by Crippen LogP contribution is -2.37. The first-order valence-corrected chi connectivity index (χ1v) is 6.62. The molecule has 0 aromatic rings. The molecule has 1 aliphatic rings. The smallest absolute Gasteiger partial charge is 0.0710 e. The van der Waals surface area contributed by atoms with Gasteiger partial charge in [0.25, 0.3) is 0 Å². The van der Waals surface area contributed by atoms with Gasteiger partial charge in [-0.1, -0.05) is 30.2 Å². The molecule has 0 saturated carbocycles. The predicted octanol–water partition coefficient (Wildman–Crippen LogP) is 3.20. The van der Waals surface area contributed by atoms with E-state index in [-0.39, 0.29) is 6.61 Å². The maximum atomic E-state index is 10.6. The van der Waals surface area contributed by atoms with Crippen LogP contribution in [0.5, 0.6) is 0 Å². The third kappa shape index (κ3) is 4.29. The van der Waals surface area contributed by atoms with E-state index in [4.69, 9.17) is 5.11 Å². The fourth-order valence-electron chi connectivity index (χ4n) is 2.33. The molecule has 17 heavy (non-hydrogen) atoms. The van der Waals surface area contributed by atoms with Gasteiger partial charge < -0.3 is 10.2 Å². The number of hydrogen-bond acceptors (Lipinski definition) is 2. The van der Waals surface area contributed by atoms with Crippen molar-refractivity contribution in [2.45, 2.75) is 58.5 Å². The molecule has 1 aliphatic carbocycles. The summed E-state index contributed by atoms with van der Waals surface area (Å²) in [5.74, 6) is 0.314. The minimum absolute atomic E-state index is 0.139. The van der Waals surface area contributed by atoms with E-state index in [1.807, 2.05) is 6.92 Å². The van der Waals surface area contributed by atoms with Crippen LogP contribution in [0.25, 0.3) is 0 Å². The highest BCUT2D eigenvalue weighted by Crippen LogP contribution is 2.35. The van der Waals surface area contributed by atoms with Gasteiger partial charge in [-0.2, -0.15) is 0 Å². The van der Waals surface area contributed by atoms with E-state index in [0.717, 1.165) is 37.7 Å². The molecule has 0 aromatic heterocycles. The minimum Gasteiger partial charge on any atom is -0.392 e. The van der Waals surface area contributed by atoms with Crippen LogP contribution in [0.3, 0.4) is 0 Å². The van der Waals surface area contributed by atoms with Gasteiger partial charge in [0.05, 0.1) is 12.2 Å². The molecule has 0 aromatic carbocycles. The van der Waals surface area contributed by atoms with Gasteiger partial charge in [0.1, 0.15) is 0 Å². The van der Waals surface area contributed by atoms with E-state index in [1.54, 1.807) is 0 Å². The van der Waals surface area contributed by atoms with Crippen molar-refractivity contribution in [3.05, 3.63) is 23.3 Å². The Morgan fingerprint density at radius 2 is 2.29 bits per heavy atom. The van der Waals surface area contributed by atoms with Crippen LogP contribution >= 0.6 is 0 Å².